The highest BCUT2D eigenvalue weighted by molar-refractivity contribution is 8.76. The van der Waals surface area contributed by atoms with Crippen molar-refractivity contribution < 1.29 is 14.5 Å². The number of halogens is 1. The first-order valence-electron chi connectivity index (χ1n) is 7.82. The summed E-state index contributed by atoms with van der Waals surface area (Å²) < 4.78 is 4.65. The predicted molar refractivity (Wildman–Crippen MR) is 98.7 cm³/mol. The zero-order chi connectivity index (χ0) is 17.6. The molecule has 24 heavy (non-hydrogen) atoms. The van der Waals surface area contributed by atoms with Crippen molar-refractivity contribution in [3.8, 4) is 0 Å². The van der Waals surface area contributed by atoms with Crippen LogP contribution in [0.15, 0.2) is 23.4 Å². The molecule has 0 spiro atoms. The standard InChI is InChI=1S/C15H21ClN2O4S2/c16-15(19)22-10-6-4-2-1-3-5-7-11-23-24-14-9-8-13(12-17-14)18(20)21/h8-9,12H,1-7,10-11H2. The molecular formula is C15H21ClN2O4S2. The molecule has 0 unspecified atom stereocenters. The van der Waals surface area contributed by atoms with Crippen molar-refractivity contribution in [2.24, 2.45) is 0 Å². The Labute approximate surface area is 154 Å². The van der Waals surface area contributed by atoms with Crippen molar-refractivity contribution >= 4 is 44.3 Å². The monoisotopic (exact) mass is 392 g/mol. The summed E-state index contributed by atoms with van der Waals surface area (Å²) in [5.41, 5.74) is -0.709. The van der Waals surface area contributed by atoms with Gasteiger partial charge in [0.1, 0.15) is 11.2 Å². The van der Waals surface area contributed by atoms with Crippen LogP contribution in [0, 0.1) is 10.1 Å². The average molecular weight is 393 g/mol. The molecule has 0 radical (unpaired) electrons. The highest BCUT2D eigenvalue weighted by Crippen LogP contribution is 2.30. The topological polar surface area (TPSA) is 82.3 Å². The number of hydrogen-bond donors (Lipinski definition) is 0. The van der Waals surface area contributed by atoms with E-state index < -0.39 is 10.4 Å². The Kier molecular flexibility index (Phi) is 11.7. The lowest BCUT2D eigenvalue weighted by atomic mass is 10.1. The number of aromatic nitrogens is 1. The number of carbonyl (C=O) groups is 1. The molecule has 0 saturated heterocycles. The Morgan fingerprint density at radius 3 is 2.42 bits per heavy atom. The van der Waals surface area contributed by atoms with Crippen LogP contribution in [0.4, 0.5) is 10.5 Å². The molecule has 0 N–H and O–H groups in total. The molecule has 0 bridgehead atoms. The zero-order valence-corrected chi connectivity index (χ0v) is 15.7. The van der Waals surface area contributed by atoms with E-state index >= 15 is 0 Å². The first kappa shape index (κ1) is 21.1. The number of ether oxygens (including phenoxy) is 1. The van der Waals surface area contributed by atoms with Crippen molar-refractivity contribution in [1.82, 2.24) is 4.98 Å². The highest BCUT2D eigenvalue weighted by atomic mass is 35.5. The first-order valence-corrected chi connectivity index (χ1v) is 10.5. The first-order chi connectivity index (χ1) is 11.6. The van der Waals surface area contributed by atoms with Crippen LogP contribution in [-0.4, -0.2) is 27.7 Å². The molecule has 1 aromatic heterocycles. The van der Waals surface area contributed by atoms with Gasteiger partial charge < -0.3 is 4.74 Å². The maximum absolute atomic E-state index is 10.5. The fraction of sp³-hybridized carbons (Fsp3) is 0.600. The van der Waals surface area contributed by atoms with Gasteiger partial charge in [-0.05, 0) is 29.7 Å². The van der Waals surface area contributed by atoms with Crippen LogP contribution < -0.4 is 0 Å². The van der Waals surface area contributed by atoms with Crippen LogP contribution in [0.25, 0.3) is 0 Å². The van der Waals surface area contributed by atoms with Gasteiger partial charge in [-0.2, -0.15) is 0 Å². The molecule has 0 aliphatic carbocycles. The van der Waals surface area contributed by atoms with Crippen molar-refractivity contribution in [2.75, 3.05) is 12.4 Å². The largest absolute Gasteiger partial charge is 0.454 e. The van der Waals surface area contributed by atoms with Crippen LogP contribution in [0.5, 0.6) is 0 Å². The van der Waals surface area contributed by atoms with Gasteiger partial charge in [0, 0.05) is 23.4 Å². The molecule has 0 saturated carbocycles. The lowest BCUT2D eigenvalue weighted by Crippen LogP contribution is -1.96. The molecule has 0 amide bonds. The molecule has 0 aliphatic heterocycles. The Bertz CT molecular complexity index is 503. The van der Waals surface area contributed by atoms with Crippen LogP contribution in [-0.2, 0) is 4.74 Å². The quantitative estimate of drug-likeness (QED) is 0.137. The van der Waals surface area contributed by atoms with E-state index in [1.54, 1.807) is 27.7 Å². The van der Waals surface area contributed by atoms with Gasteiger partial charge in [-0.15, -0.1) is 0 Å². The van der Waals surface area contributed by atoms with Gasteiger partial charge in [-0.1, -0.05) is 42.9 Å². The number of nitro groups is 1. The fourth-order valence-electron chi connectivity index (χ4n) is 1.93. The highest BCUT2D eigenvalue weighted by Gasteiger charge is 2.05. The van der Waals surface area contributed by atoms with Crippen molar-refractivity contribution in [2.45, 2.75) is 50.0 Å². The summed E-state index contributed by atoms with van der Waals surface area (Å²) in [6.45, 7) is 0.410. The van der Waals surface area contributed by atoms with Gasteiger partial charge in [0.05, 0.1) is 11.5 Å². The van der Waals surface area contributed by atoms with Gasteiger partial charge >= 0.3 is 5.43 Å². The molecule has 1 aromatic rings. The number of pyridine rings is 1. The number of carbonyl (C=O) groups excluding carboxylic acids is 1. The van der Waals surface area contributed by atoms with E-state index in [1.807, 2.05) is 0 Å². The van der Waals surface area contributed by atoms with E-state index in [9.17, 15) is 14.9 Å². The Balaban J connectivity index is 1.90. The summed E-state index contributed by atoms with van der Waals surface area (Å²) in [5.74, 6) is 1.04. The number of rotatable bonds is 13. The van der Waals surface area contributed by atoms with Gasteiger partial charge in [-0.3, -0.25) is 10.1 Å². The second kappa shape index (κ2) is 13.3. The lowest BCUT2D eigenvalue weighted by molar-refractivity contribution is -0.385. The Morgan fingerprint density at radius 2 is 1.83 bits per heavy atom. The van der Waals surface area contributed by atoms with E-state index in [0.29, 0.717) is 6.61 Å². The van der Waals surface area contributed by atoms with Crippen LogP contribution in [0.2, 0.25) is 0 Å². The van der Waals surface area contributed by atoms with Crippen molar-refractivity contribution in [1.29, 1.82) is 0 Å². The van der Waals surface area contributed by atoms with Crippen LogP contribution in [0.3, 0.4) is 0 Å². The summed E-state index contributed by atoms with van der Waals surface area (Å²) in [7, 11) is 3.27. The minimum atomic E-state index is -0.728. The third-order valence-electron chi connectivity index (χ3n) is 3.16. The van der Waals surface area contributed by atoms with Gasteiger partial charge in [0.15, 0.2) is 0 Å². The third kappa shape index (κ3) is 10.7. The molecule has 0 fully saturated rings. The van der Waals surface area contributed by atoms with E-state index in [4.69, 9.17) is 11.6 Å². The predicted octanol–water partition coefficient (Wildman–Crippen LogP) is 5.84. The molecule has 1 rings (SSSR count). The van der Waals surface area contributed by atoms with Crippen LogP contribution in [0.1, 0.15) is 44.9 Å². The zero-order valence-electron chi connectivity index (χ0n) is 13.3. The number of hydrogen-bond acceptors (Lipinski definition) is 7. The Hall–Kier alpha value is -0.990. The molecule has 9 heteroatoms. The van der Waals surface area contributed by atoms with Gasteiger partial charge in [0.25, 0.3) is 5.69 Å². The SMILES string of the molecule is O=C(Cl)OCCCCCCCCCSSc1ccc([N+](=O)[O-])cn1. The smallest absolute Gasteiger partial charge is 0.403 e. The van der Waals surface area contributed by atoms with Crippen molar-refractivity contribution in [3.05, 3.63) is 28.4 Å². The fourth-order valence-corrected chi connectivity index (χ4v) is 4.02. The summed E-state index contributed by atoms with van der Waals surface area (Å²) in [5, 5.41) is 11.3. The van der Waals surface area contributed by atoms with Gasteiger partial charge in [0.2, 0.25) is 0 Å². The normalized spacial score (nSPS) is 10.5. The summed E-state index contributed by atoms with van der Waals surface area (Å²) in [6, 6.07) is 3.15. The molecule has 1 heterocycles. The Morgan fingerprint density at radius 1 is 1.17 bits per heavy atom. The van der Waals surface area contributed by atoms with Crippen LogP contribution >= 0.6 is 33.2 Å². The van der Waals surface area contributed by atoms with Gasteiger partial charge in [-0.25, -0.2) is 9.78 Å². The second-order valence-corrected chi connectivity index (χ2v) is 7.82. The third-order valence-corrected chi connectivity index (χ3v) is 5.62. The van der Waals surface area contributed by atoms with Crippen molar-refractivity contribution in [3.63, 3.8) is 0 Å². The van der Waals surface area contributed by atoms with E-state index in [2.05, 4.69) is 9.72 Å². The summed E-state index contributed by atoms with van der Waals surface area (Å²) in [4.78, 5) is 24.5. The average Bonchev–Trinajstić information content (AvgIpc) is 2.56. The summed E-state index contributed by atoms with van der Waals surface area (Å²) >= 11 is 5.06. The molecule has 0 aromatic carbocycles. The number of nitrogens with zero attached hydrogens (tertiary/aromatic N) is 2. The number of unbranched alkanes of at least 4 members (excludes halogenated alkanes) is 6. The molecule has 0 aliphatic rings. The second-order valence-electron chi connectivity index (χ2n) is 5.08. The van der Waals surface area contributed by atoms with E-state index in [1.165, 1.54) is 31.5 Å². The minimum absolute atomic E-state index is 0.0187. The minimum Gasteiger partial charge on any atom is -0.454 e. The molecule has 6 nitrogen and oxygen atoms in total. The van der Waals surface area contributed by atoms with E-state index in [0.717, 1.165) is 36.5 Å². The molecule has 134 valence electrons. The molecule has 0 atom stereocenters. The lowest BCUT2D eigenvalue weighted by Gasteiger charge is -2.03. The van der Waals surface area contributed by atoms with E-state index in [-0.39, 0.29) is 5.69 Å². The maximum Gasteiger partial charge on any atom is 0.403 e. The summed E-state index contributed by atoms with van der Waals surface area (Å²) in [6.07, 6.45) is 9.10. The molecular weight excluding hydrogens is 372 g/mol. The maximum atomic E-state index is 10.5.